The molecule has 0 fully saturated rings. The van der Waals surface area contributed by atoms with Gasteiger partial charge < -0.3 is 10.0 Å². The third kappa shape index (κ3) is 4.56. The van der Waals surface area contributed by atoms with E-state index in [-0.39, 0.29) is 18.9 Å². The van der Waals surface area contributed by atoms with Crippen LogP contribution in [0.15, 0.2) is 24.3 Å². The number of hydrogen-bond donors (Lipinski definition) is 1. The Kier molecular flexibility index (Phi) is 4.95. The summed E-state index contributed by atoms with van der Waals surface area (Å²) in [7, 11) is 0. The topological polar surface area (TPSA) is 57.6 Å². The molecule has 1 N–H and O–H groups in total. The summed E-state index contributed by atoms with van der Waals surface area (Å²) >= 11 is 5.79. The highest BCUT2D eigenvalue weighted by molar-refractivity contribution is 6.30. The number of carboxylic acids is 1. The molecule has 0 saturated carbocycles. The predicted molar refractivity (Wildman–Crippen MR) is 74.5 cm³/mol. The van der Waals surface area contributed by atoms with E-state index in [1.165, 1.54) is 0 Å². The van der Waals surface area contributed by atoms with Gasteiger partial charge in [-0.15, -0.1) is 0 Å². The fraction of sp³-hybridized carbons (Fsp3) is 0.429. The van der Waals surface area contributed by atoms with Gasteiger partial charge in [-0.3, -0.25) is 9.59 Å². The van der Waals surface area contributed by atoms with Crippen molar-refractivity contribution in [3.8, 4) is 0 Å². The van der Waals surface area contributed by atoms with E-state index in [0.717, 1.165) is 0 Å². The summed E-state index contributed by atoms with van der Waals surface area (Å²) in [6, 6.07) is 6.58. The molecule has 1 amide bonds. The lowest BCUT2D eigenvalue weighted by atomic mass is 10.0. The molecule has 5 heteroatoms. The van der Waals surface area contributed by atoms with E-state index in [1.807, 2.05) is 20.8 Å². The van der Waals surface area contributed by atoms with Gasteiger partial charge >= 0.3 is 5.97 Å². The molecule has 0 bridgehead atoms. The molecular formula is C14H18ClNO3. The van der Waals surface area contributed by atoms with Crippen molar-refractivity contribution < 1.29 is 14.7 Å². The van der Waals surface area contributed by atoms with Gasteiger partial charge in [-0.2, -0.15) is 0 Å². The molecule has 1 aromatic carbocycles. The van der Waals surface area contributed by atoms with Crippen molar-refractivity contribution >= 4 is 23.5 Å². The van der Waals surface area contributed by atoms with Gasteiger partial charge in [0.25, 0.3) is 5.91 Å². The van der Waals surface area contributed by atoms with Crippen molar-refractivity contribution in [2.75, 3.05) is 6.54 Å². The average molecular weight is 284 g/mol. The predicted octanol–water partition coefficient (Wildman–Crippen LogP) is 3.06. The van der Waals surface area contributed by atoms with E-state index in [9.17, 15) is 9.59 Å². The minimum atomic E-state index is -0.918. The number of hydrogen-bond acceptors (Lipinski definition) is 2. The second kappa shape index (κ2) is 6.06. The molecule has 0 aliphatic heterocycles. The third-order valence-corrected chi connectivity index (χ3v) is 2.95. The molecule has 0 unspecified atom stereocenters. The highest BCUT2D eigenvalue weighted by atomic mass is 35.5. The SMILES string of the molecule is CC(C)(C)N(CCC(=O)O)C(=O)c1ccc(Cl)cc1. The Labute approximate surface area is 118 Å². The fourth-order valence-corrected chi connectivity index (χ4v) is 1.82. The molecule has 0 aliphatic carbocycles. The van der Waals surface area contributed by atoms with Gasteiger partial charge in [-0.25, -0.2) is 0 Å². The number of rotatable bonds is 4. The van der Waals surface area contributed by atoms with E-state index in [1.54, 1.807) is 29.2 Å². The summed E-state index contributed by atoms with van der Waals surface area (Å²) in [4.78, 5) is 24.6. The van der Waals surface area contributed by atoms with E-state index in [4.69, 9.17) is 16.7 Å². The van der Waals surface area contributed by atoms with Crippen molar-refractivity contribution in [3.05, 3.63) is 34.9 Å². The summed E-state index contributed by atoms with van der Waals surface area (Å²) in [5.41, 5.74) is 0.0660. The maximum atomic E-state index is 12.4. The molecule has 104 valence electrons. The lowest BCUT2D eigenvalue weighted by molar-refractivity contribution is -0.137. The van der Waals surface area contributed by atoms with Crippen molar-refractivity contribution in [2.45, 2.75) is 32.7 Å². The quantitative estimate of drug-likeness (QED) is 0.924. The van der Waals surface area contributed by atoms with Crippen molar-refractivity contribution in [1.29, 1.82) is 0 Å². The molecule has 0 heterocycles. The Bertz CT molecular complexity index is 463. The lowest BCUT2D eigenvalue weighted by Gasteiger charge is -2.35. The summed E-state index contributed by atoms with van der Waals surface area (Å²) < 4.78 is 0. The second-order valence-corrected chi connectivity index (χ2v) is 5.71. The largest absolute Gasteiger partial charge is 0.481 e. The van der Waals surface area contributed by atoms with Crippen LogP contribution in [-0.2, 0) is 4.79 Å². The van der Waals surface area contributed by atoms with Gasteiger partial charge in [0.05, 0.1) is 6.42 Å². The number of halogens is 1. The summed E-state index contributed by atoms with van der Waals surface area (Å²) in [6.45, 7) is 5.81. The zero-order chi connectivity index (χ0) is 14.6. The average Bonchev–Trinajstić information content (AvgIpc) is 2.27. The Morgan fingerprint density at radius 3 is 2.16 bits per heavy atom. The van der Waals surface area contributed by atoms with Gasteiger partial charge in [0.15, 0.2) is 0 Å². The van der Waals surface area contributed by atoms with Gasteiger partial charge in [0.1, 0.15) is 0 Å². The first kappa shape index (κ1) is 15.5. The Morgan fingerprint density at radius 2 is 1.74 bits per heavy atom. The smallest absolute Gasteiger partial charge is 0.305 e. The Balaban J connectivity index is 2.94. The molecule has 0 radical (unpaired) electrons. The van der Waals surface area contributed by atoms with Gasteiger partial charge in [-0.1, -0.05) is 11.6 Å². The first-order chi connectivity index (χ1) is 8.71. The zero-order valence-corrected chi connectivity index (χ0v) is 12.1. The number of carbonyl (C=O) groups is 2. The molecule has 0 aliphatic rings. The lowest BCUT2D eigenvalue weighted by Crippen LogP contribution is -2.46. The molecule has 19 heavy (non-hydrogen) atoms. The van der Waals surface area contributed by atoms with E-state index >= 15 is 0 Å². The Morgan fingerprint density at radius 1 is 1.21 bits per heavy atom. The number of benzene rings is 1. The molecule has 0 spiro atoms. The van der Waals surface area contributed by atoms with Crippen LogP contribution in [0.5, 0.6) is 0 Å². The number of amides is 1. The van der Waals surface area contributed by atoms with Crippen LogP contribution in [0.4, 0.5) is 0 Å². The maximum Gasteiger partial charge on any atom is 0.305 e. The molecule has 0 atom stereocenters. The molecule has 1 aromatic rings. The van der Waals surface area contributed by atoms with Crippen LogP contribution >= 0.6 is 11.6 Å². The first-order valence-corrected chi connectivity index (χ1v) is 6.39. The Hall–Kier alpha value is -1.55. The number of aliphatic carboxylic acids is 1. The monoisotopic (exact) mass is 283 g/mol. The summed E-state index contributed by atoms with van der Waals surface area (Å²) in [5.74, 6) is -1.11. The standard InChI is InChI=1S/C14H18ClNO3/c1-14(2,3)16(9-8-12(17)18)13(19)10-4-6-11(15)7-5-10/h4-7H,8-9H2,1-3H3,(H,17,18). The molecule has 0 aromatic heterocycles. The van der Waals surface area contributed by atoms with E-state index < -0.39 is 11.5 Å². The highest BCUT2D eigenvalue weighted by Gasteiger charge is 2.27. The number of carbonyl (C=O) groups excluding carboxylic acids is 1. The van der Waals surface area contributed by atoms with Crippen LogP contribution in [0.3, 0.4) is 0 Å². The van der Waals surface area contributed by atoms with Crippen molar-refractivity contribution in [1.82, 2.24) is 4.90 Å². The highest BCUT2D eigenvalue weighted by Crippen LogP contribution is 2.19. The van der Waals surface area contributed by atoms with Crippen LogP contribution in [0.1, 0.15) is 37.6 Å². The van der Waals surface area contributed by atoms with Crippen LogP contribution < -0.4 is 0 Å². The molecular weight excluding hydrogens is 266 g/mol. The molecule has 4 nitrogen and oxygen atoms in total. The minimum absolute atomic E-state index is 0.0728. The molecule has 1 rings (SSSR count). The van der Waals surface area contributed by atoms with Crippen LogP contribution in [0.25, 0.3) is 0 Å². The van der Waals surface area contributed by atoms with Gasteiger partial charge in [-0.05, 0) is 45.0 Å². The molecule has 0 saturated heterocycles. The maximum absolute atomic E-state index is 12.4. The third-order valence-electron chi connectivity index (χ3n) is 2.70. The minimum Gasteiger partial charge on any atom is -0.481 e. The van der Waals surface area contributed by atoms with Crippen LogP contribution in [-0.4, -0.2) is 34.0 Å². The fourth-order valence-electron chi connectivity index (χ4n) is 1.70. The number of carboxylic acid groups (broad SMARTS) is 1. The van der Waals surface area contributed by atoms with Gasteiger partial charge in [0.2, 0.25) is 0 Å². The van der Waals surface area contributed by atoms with Crippen molar-refractivity contribution in [2.24, 2.45) is 0 Å². The van der Waals surface area contributed by atoms with E-state index in [2.05, 4.69) is 0 Å². The van der Waals surface area contributed by atoms with E-state index in [0.29, 0.717) is 10.6 Å². The van der Waals surface area contributed by atoms with Crippen molar-refractivity contribution in [3.63, 3.8) is 0 Å². The summed E-state index contributed by atoms with van der Waals surface area (Å²) in [6.07, 6.45) is -0.0728. The van der Waals surface area contributed by atoms with Crippen LogP contribution in [0, 0.1) is 0 Å². The normalized spacial score (nSPS) is 11.2. The zero-order valence-electron chi connectivity index (χ0n) is 11.3. The van der Waals surface area contributed by atoms with Gasteiger partial charge in [0, 0.05) is 22.7 Å². The van der Waals surface area contributed by atoms with Crippen LogP contribution in [0.2, 0.25) is 5.02 Å². The number of nitrogens with zero attached hydrogens (tertiary/aromatic N) is 1. The second-order valence-electron chi connectivity index (χ2n) is 5.28. The summed E-state index contributed by atoms with van der Waals surface area (Å²) in [5, 5.41) is 9.32. The first-order valence-electron chi connectivity index (χ1n) is 6.01.